The molecular weight excluding hydrogens is 385 g/mol. The number of amides is 1. The summed E-state index contributed by atoms with van der Waals surface area (Å²) < 4.78 is 13.2. The quantitative estimate of drug-likeness (QED) is 0.713. The van der Waals surface area contributed by atoms with Crippen molar-refractivity contribution in [2.75, 3.05) is 10.2 Å². The highest BCUT2D eigenvalue weighted by atomic mass is 19.1. The number of anilines is 2. The van der Waals surface area contributed by atoms with Crippen LogP contribution < -0.4 is 10.2 Å². The van der Waals surface area contributed by atoms with Crippen LogP contribution in [0.3, 0.4) is 0 Å². The first-order valence-corrected chi connectivity index (χ1v) is 9.91. The molecule has 0 unspecified atom stereocenters. The summed E-state index contributed by atoms with van der Waals surface area (Å²) in [5.74, 6) is 0.787. The van der Waals surface area contributed by atoms with Gasteiger partial charge in [0.05, 0.1) is 24.8 Å². The molecule has 1 saturated carbocycles. The van der Waals surface area contributed by atoms with Gasteiger partial charge in [-0.15, -0.1) is 5.10 Å². The third-order valence-corrected chi connectivity index (χ3v) is 5.97. The van der Waals surface area contributed by atoms with Crippen molar-refractivity contribution in [3.05, 3.63) is 54.4 Å². The Hall–Kier alpha value is -3.49. The third-order valence-electron chi connectivity index (χ3n) is 5.97. The van der Waals surface area contributed by atoms with Crippen LogP contribution in [0.15, 0.2) is 43.0 Å². The normalized spacial score (nSPS) is 22.3. The molecule has 3 aromatic rings. The van der Waals surface area contributed by atoms with Crippen LogP contribution in [0.25, 0.3) is 11.4 Å². The lowest BCUT2D eigenvalue weighted by atomic mass is 9.80. The van der Waals surface area contributed by atoms with Crippen LogP contribution in [0.4, 0.5) is 16.0 Å². The Labute approximate surface area is 172 Å². The summed E-state index contributed by atoms with van der Waals surface area (Å²) in [7, 11) is 0. The highest BCUT2D eigenvalue weighted by Gasteiger charge is 2.50. The van der Waals surface area contributed by atoms with Crippen molar-refractivity contribution < 1.29 is 9.18 Å². The molecule has 0 bridgehead atoms. The lowest BCUT2D eigenvalue weighted by molar-refractivity contribution is -0.117. The van der Waals surface area contributed by atoms with Crippen LogP contribution in [-0.2, 0) is 4.79 Å². The lowest BCUT2D eigenvalue weighted by Crippen LogP contribution is -2.47. The highest BCUT2D eigenvalue weighted by molar-refractivity contribution is 5.97. The lowest BCUT2D eigenvalue weighted by Gasteiger charge is -2.36. The molecule has 1 aliphatic heterocycles. The van der Waals surface area contributed by atoms with E-state index in [9.17, 15) is 9.18 Å². The Morgan fingerprint density at radius 3 is 2.70 bits per heavy atom. The minimum absolute atomic E-state index is 0.105. The summed E-state index contributed by atoms with van der Waals surface area (Å²) >= 11 is 0. The van der Waals surface area contributed by atoms with Gasteiger partial charge in [0, 0.05) is 17.3 Å². The van der Waals surface area contributed by atoms with Crippen molar-refractivity contribution >= 4 is 17.5 Å². The van der Waals surface area contributed by atoms with E-state index in [1.165, 1.54) is 6.20 Å². The maximum atomic E-state index is 13.2. The minimum Gasteiger partial charge on any atom is -0.324 e. The molecule has 1 amide bonds. The maximum absolute atomic E-state index is 13.2. The number of halogens is 1. The molecule has 5 rings (SSSR count). The van der Waals surface area contributed by atoms with Gasteiger partial charge in [0.1, 0.15) is 6.04 Å². The van der Waals surface area contributed by atoms with Crippen molar-refractivity contribution in [1.82, 2.24) is 25.1 Å². The van der Waals surface area contributed by atoms with Gasteiger partial charge in [-0.05, 0) is 49.8 Å². The summed E-state index contributed by atoms with van der Waals surface area (Å²) in [5.41, 5.74) is 2.32. The third kappa shape index (κ3) is 3.26. The number of nitrogens with one attached hydrogen (secondary N) is 1. The molecular formula is C21H20FN7O. The van der Waals surface area contributed by atoms with E-state index in [0.717, 1.165) is 42.8 Å². The highest BCUT2D eigenvalue weighted by Crippen LogP contribution is 2.45. The largest absolute Gasteiger partial charge is 0.324 e. The molecule has 8 nitrogen and oxygen atoms in total. The zero-order chi connectivity index (χ0) is 20.7. The van der Waals surface area contributed by atoms with Crippen LogP contribution in [0.5, 0.6) is 0 Å². The van der Waals surface area contributed by atoms with Crippen molar-refractivity contribution in [2.45, 2.75) is 38.3 Å². The molecule has 152 valence electrons. The average molecular weight is 405 g/mol. The van der Waals surface area contributed by atoms with E-state index in [1.54, 1.807) is 6.20 Å². The smallest absolute Gasteiger partial charge is 0.247 e. The number of fused-ring (bicyclic) bond motifs is 1. The summed E-state index contributed by atoms with van der Waals surface area (Å²) in [6, 6.07) is 5.48. The van der Waals surface area contributed by atoms with Crippen molar-refractivity contribution in [3.63, 3.8) is 0 Å². The fourth-order valence-electron chi connectivity index (χ4n) is 4.32. The van der Waals surface area contributed by atoms with E-state index in [4.69, 9.17) is 0 Å². The molecule has 1 saturated heterocycles. The number of carbonyl (C=O) groups excluding carboxylic acids is 1. The van der Waals surface area contributed by atoms with Gasteiger partial charge in [-0.25, -0.2) is 19.3 Å². The van der Waals surface area contributed by atoms with Gasteiger partial charge >= 0.3 is 0 Å². The van der Waals surface area contributed by atoms with Crippen molar-refractivity contribution in [3.8, 4) is 11.4 Å². The molecule has 1 aliphatic carbocycles. The fourth-order valence-corrected chi connectivity index (χ4v) is 4.32. The standard InChI is InChI=1S/C21H20FN7O/c1-12-2-4-15(9-16(12)19-24-10-14(22)11-25-19)27-20(30)18-8-13-3-5-17(13)29(18)21-23-6-7-26-28-21/h2,4,6-7,9-11,13,17-18H,3,5,8H2,1H3,(H,27,30)/t13-,17-,18+/m0/s1. The molecule has 0 spiro atoms. The first-order chi connectivity index (χ1) is 14.6. The first kappa shape index (κ1) is 18.5. The molecule has 0 radical (unpaired) electrons. The SMILES string of the molecule is Cc1ccc(NC(=O)[C@H]2C[C@@H]3CC[C@@H]3N2c2nccnn2)cc1-c1ncc(F)cn1. The maximum Gasteiger partial charge on any atom is 0.247 e. The van der Waals surface area contributed by atoms with Crippen LogP contribution in [0.1, 0.15) is 24.8 Å². The molecule has 1 N–H and O–H groups in total. The second kappa shape index (κ2) is 7.40. The molecule has 2 fully saturated rings. The topological polar surface area (TPSA) is 96.8 Å². The van der Waals surface area contributed by atoms with Crippen molar-refractivity contribution in [2.24, 2.45) is 5.92 Å². The van der Waals surface area contributed by atoms with E-state index in [0.29, 0.717) is 23.4 Å². The number of benzene rings is 1. The molecule has 2 aliphatic rings. The van der Waals surface area contributed by atoms with Crippen LogP contribution >= 0.6 is 0 Å². The molecule has 3 heterocycles. The predicted molar refractivity (Wildman–Crippen MR) is 108 cm³/mol. The molecule has 9 heteroatoms. The number of carbonyl (C=O) groups is 1. The van der Waals surface area contributed by atoms with Crippen molar-refractivity contribution in [1.29, 1.82) is 0 Å². The number of aromatic nitrogens is 5. The number of rotatable bonds is 4. The number of aryl methyl sites for hydroxylation is 1. The average Bonchev–Trinajstić information content (AvgIpc) is 3.01. The monoisotopic (exact) mass is 405 g/mol. The first-order valence-electron chi connectivity index (χ1n) is 9.91. The molecule has 1 aromatic carbocycles. The van der Waals surface area contributed by atoms with E-state index in [1.807, 2.05) is 30.0 Å². The number of hydrogen-bond donors (Lipinski definition) is 1. The van der Waals surface area contributed by atoms with Gasteiger partial charge < -0.3 is 10.2 Å². The van der Waals surface area contributed by atoms with Gasteiger partial charge in [0.25, 0.3) is 0 Å². The second-order valence-electron chi connectivity index (χ2n) is 7.75. The Balaban J connectivity index is 1.40. The van der Waals surface area contributed by atoms with E-state index in [-0.39, 0.29) is 18.0 Å². The summed E-state index contributed by atoms with van der Waals surface area (Å²) in [5, 5.41) is 11.1. The fraction of sp³-hybridized carbons (Fsp3) is 0.333. The molecule has 30 heavy (non-hydrogen) atoms. The van der Waals surface area contributed by atoms with E-state index < -0.39 is 5.82 Å². The Morgan fingerprint density at radius 1 is 1.17 bits per heavy atom. The van der Waals surface area contributed by atoms with Crippen LogP contribution in [-0.4, -0.2) is 43.1 Å². The second-order valence-corrected chi connectivity index (χ2v) is 7.75. The van der Waals surface area contributed by atoms with Gasteiger partial charge in [-0.1, -0.05) is 6.07 Å². The van der Waals surface area contributed by atoms with Crippen LogP contribution in [0.2, 0.25) is 0 Å². The summed E-state index contributed by atoms with van der Waals surface area (Å²) in [6.45, 7) is 1.92. The number of nitrogens with zero attached hydrogens (tertiary/aromatic N) is 6. The summed E-state index contributed by atoms with van der Waals surface area (Å²) in [6.07, 6.45) is 8.30. The van der Waals surface area contributed by atoms with Gasteiger partial charge in [0.15, 0.2) is 11.6 Å². The molecule has 3 atom stereocenters. The van der Waals surface area contributed by atoms with Gasteiger partial charge in [0.2, 0.25) is 11.9 Å². The molecule has 2 aromatic heterocycles. The van der Waals surface area contributed by atoms with E-state index >= 15 is 0 Å². The number of hydrogen-bond acceptors (Lipinski definition) is 7. The predicted octanol–water partition coefficient (Wildman–Crippen LogP) is 2.77. The Bertz CT molecular complexity index is 1080. The van der Waals surface area contributed by atoms with Crippen LogP contribution in [0, 0.1) is 18.7 Å². The Morgan fingerprint density at radius 2 is 2.00 bits per heavy atom. The van der Waals surface area contributed by atoms with Gasteiger partial charge in [-0.2, -0.15) is 5.10 Å². The minimum atomic E-state index is -0.491. The zero-order valence-electron chi connectivity index (χ0n) is 16.4. The van der Waals surface area contributed by atoms with E-state index in [2.05, 4.69) is 30.5 Å². The Kier molecular flexibility index (Phi) is 4.57. The zero-order valence-corrected chi connectivity index (χ0v) is 16.4. The summed E-state index contributed by atoms with van der Waals surface area (Å²) in [4.78, 5) is 27.6. The van der Waals surface area contributed by atoms with Gasteiger partial charge in [-0.3, -0.25) is 4.79 Å².